The van der Waals surface area contributed by atoms with Crippen LogP contribution in [0.4, 0.5) is 5.69 Å². The highest BCUT2D eigenvalue weighted by Crippen LogP contribution is 2.14. The summed E-state index contributed by atoms with van der Waals surface area (Å²) in [6.07, 6.45) is 2.78. The second-order valence-electron chi connectivity index (χ2n) is 7.16. The van der Waals surface area contributed by atoms with Crippen molar-refractivity contribution >= 4 is 22.6 Å². The molecular weight excluding hydrogens is 426 g/mol. The van der Waals surface area contributed by atoms with Gasteiger partial charge < -0.3 is 5.32 Å². The van der Waals surface area contributed by atoms with Gasteiger partial charge in [0.25, 0.3) is 17.2 Å². The molecule has 2 aromatic carbocycles. The van der Waals surface area contributed by atoms with Crippen molar-refractivity contribution in [1.29, 1.82) is 5.26 Å². The van der Waals surface area contributed by atoms with Gasteiger partial charge in [-0.05, 0) is 23.8 Å². The highest BCUT2D eigenvalue weighted by Gasteiger charge is 2.12. The van der Waals surface area contributed by atoms with Crippen LogP contribution in [-0.2, 0) is 13.1 Å². The van der Waals surface area contributed by atoms with Crippen molar-refractivity contribution in [2.45, 2.75) is 13.1 Å². The first-order valence-corrected chi connectivity index (χ1v) is 9.89. The summed E-state index contributed by atoms with van der Waals surface area (Å²) in [5, 5.41) is 27.2. The van der Waals surface area contributed by atoms with Gasteiger partial charge in [0.15, 0.2) is 5.65 Å². The standard InChI is InChI=1S/C22H17N7O4/c23-11-15-3-1-5-17(9-15)21(30)24-7-8-28-20-19(12-26-28)22(31)27(14-25-20)13-16-4-2-6-18(10-16)29(32)33/h1-6,9-10,12,14H,7-8,13H2,(H,24,30). The Kier molecular flexibility index (Phi) is 5.90. The molecule has 1 N–H and O–H groups in total. The Morgan fingerprint density at radius 2 is 2.03 bits per heavy atom. The number of carbonyl (C=O) groups is 1. The topological polar surface area (TPSA) is 149 Å². The average molecular weight is 443 g/mol. The van der Waals surface area contributed by atoms with Gasteiger partial charge in [0.1, 0.15) is 11.7 Å². The number of nitrogens with zero attached hydrogens (tertiary/aromatic N) is 6. The summed E-state index contributed by atoms with van der Waals surface area (Å²) >= 11 is 0. The molecule has 4 aromatic rings. The van der Waals surface area contributed by atoms with Crippen molar-refractivity contribution in [3.8, 4) is 6.07 Å². The predicted molar refractivity (Wildman–Crippen MR) is 117 cm³/mol. The van der Waals surface area contributed by atoms with Crippen LogP contribution in [0.1, 0.15) is 21.5 Å². The predicted octanol–water partition coefficient (Wildman–Crippen LogP) is 1.85. The van der Waals surface area contributed by atoms with Crippen LogP contribution in [0.15, 0.2) is 65.8 Å². The van der Waals surface area contributed by atoms with E-state index in [1.165, 1.54) is 40.0 Å². The second-order valence-corrected chi connectivity index (χ2v) is 7.16. The van der Waals surface area contributed by atoms with Crippen LogP contribution in [0.25, 0.3) is 11.0 Å². The van der Waals surface area contributed by atoms with E-state index in [2.05, 4.69) is 15.4 Å². The SMILES string of the molecule is N#Cc1cccc(C(=O)NCCn2ncc3c(=O)n(Cc4cccc([N+](=O)[O-])c4)cnc32)c1. The third-order valence-corrected chi connectivity index (χ3v) is 4.96. The molecule has 4 rings (SSSR count). The summed E-state index contributed by atoms with van der Waals surface area (Å²) in [6, 6.07) is 14.4. The zero-order valence-corrected chi connectivity index (χ0v) is 17.2. The fraction of sp³-hybridized carbons (Fsp3) is 0.136. The molecule has 1 amide bonds. The number of hydrogen-bond acceptors (Lipinski definition) is 7. The first-order valence-electron chi connectivity index (χ1n) is 9.89. The van der Waals surface area contributed by atoms with Crippen molar-refractivity contribution in [3.63, 3.8) is 0 Å². The van der Waals surface area contributed by atoms with Gasteiger partial charge in [0.05, 0.1) is 35.8 Å². The van der Waals surface area contributed by atoms with E-state index in [-0.39, 0.29) is 36.8 Å². The zero-order chi connectivity index (χ0) is 23.4. The van der Waals surface area contributed by atoms with Crippen molar-refractivity contribution in [2.75, 3.05) is 6.54 Å². The van der Waals surface area contributed by atoms with Crippen LogP contribution in [-0.4, -0.2) is 36.7 Å². The maximum Gasteiger partial charge on any atom is 0.269 e. The molecule has 164 valence electrons. The number of rotatable bonds is 7. The van der Waals surface area contributed by atoms with Gasteiger partial charge in [-0.1, -0.05) is 18.2 Å². The maximum absolute atomic E-state index is 12.8. The molecule has 0 aliphatic rings. The Morgan fingerprint density at radius 1 is 1.21 bits per heavy atom. The highest BCUT2D eigenvalue weighted by molar-refractivity contribution is 5.94. The van der Waals surface area contributed by atoms with Gasteiger partial charge in [-0.2, -0.15) is 10.4 Å². The number of nitro groups is 1. The van der Waals surface area contributed by atoms with Crippen LogP contribution >= 0.6 is 0 Å². The van der Waals surface area contributed by atoms with Crippen molar-refractivity contribution < 1.29 is 9.72 Å². The van der Waals surface area contributed by atoms with Crippen molar-refractivity contribution in [1.82, 2.24) is 24.6 Å². The quantitative estimate of drug-likeness (QED) is 0.338. The molecule has 0 fully saturated rings. The lowest BCUT2D eigenvalue weighted by molar-refractivity contribution is -0.384. The van der Waals surface area contributed by atoms with E-state index in [9.17, 15) is 19.7 Å². The largest absolute Gasteiger partial charge is 0.350 e. The van der Waals surface area contributed by atoms with Gasteiger partial charge >= 0.3 is 0 Å². The lowest BCUT2D eigenvalue weighted by atomic mass is 10.1. The fourth-order valence-electron chi connectivity index (χ4n) is 3.35. The second kappa shape index (κ2) is 9.11. The molecule has 0 bridgehead atoms. The number of aromatic nitrogens is 4. The van der Waals surface area contributed by atoms with Gasteiger partial charge in [0.2, 0.25) is 0 Å². The summed E-state index contributed by atoms with van der Waals surface area (Å²) in [6.45, 7) is 0.659. The van der Waals surface area contributed by atoms with Crippen molar-refractivity contribution in [3.05, 3.63) is 98.2 Å². The summed E-state index contributed by atoms with van der Waals surface area (Å²) in [4.78, 5) is 39.9. The minimum atomic E-state index is -0.489. The first-order chi connectivity index (χ1) is 16.0. The molecule has 0 aliphatic carbocycles. The number of nitrogens with one attached hydrogen (secondary N) is 1. The van der Waals surface area contributed by atoms with E-state index < -0.39 is 4.92 Å². The monoisotopic (exact) mass is 443 g/mol. The van der Waals surface area contributed by atoms with Crippen LogP contribution in [0.3, 0.4) is 0 Å². The molecule has 0 saturated carbocycles. The van der Waals surface area contributed by atoms with E-state index >= 15 is 0 Å². The van der Waals surface area contributed by atoms with Gasteiger partial charge in [0, 0.05) is 24.2 Å². The lowest BCUT2D eigenvalue weighted by Crippen LogP contribution is -2.27. The molecule has 2 heterocycles. The van der Waals surface area contributed by atoms with E-state index in [1.54, 1.807) is 30.3 Å². The van der Waals surface area contributed by atoms with E-state index in [0.717, 1.165) is 0 Å². The van der Waals surface area contributed by atoms with Gasteiger partial charge in [-0.15, -0.1) is 0 Å². The Morgan fingerprint density at radius 3 is 2.82 bits per heavy atom. The van der Waals surface area contributed by atoms with Crippen molar-refractivity contribution in [2.24, 2.45) is 0 Å². The minimum Gasteiger partial charge on any atom is -0.350 e. The number of fused-ring (bicyclic) bond motifs is 1. The normalized spacial score (nSPS) is 10.6. The number of benzene rings is 2. The molecule has 11 heteroatoms. The third-order valence-electron chi connectivity index (χ3n) is 4.96. The molecule has 0 saturated heterocycles. The Labute approximate surface area is 186 Å². The van der Waals surface area contributed by atoms with Gasteiger partial charge in [-0.25, -0.2) is 9.67 Å². The molecule has 0 atom stereocenters. The van der Waals surface area contributed by atoms with E-state index in [0.29, 0.717) is 27.7 Å². The number of hydrogen-bond donors (Lipinski definition) is 1. The molecule has 2 aromatic heterocycles. The smallest absolute Gasteiger partial charge is 0.269 e. The summed E-state index contributed by atoms with van der Waals surface area (Å²) in [7, 11) is 0. The van der Waals surface area contributed by atoms with Crippen LogP contribution in [0.5, 0.6) is 0 Å². The highest BCUT2D eigenvalue weighted by atomic mass is 16.6. The first kappa shape index (κ1) is 21.4. The third kappa shape index (κ3) is 4.59. The average Bonchev–Trinajstić information content (AvgIpc) is 3.24. The fourth-order valence-corrected chi connectivity index (χ4v) is 3.35. The number of amides is 1. The summed E-state index contributed by atoms with van der Waals surface area (Å²) < 4.78 is 2.87. The van der Waals surface area contributed by atoms with E-state index in [4.69, 9.17) is 5.26 Å². The maximum atomic E-state index is 12.8. The van der Waals surface area contributed by atoms with Crippen LogP contribution < -0.4 is 10.9 Å². The van der Waals surface area contributed by atoms with Crippen LogP contribution in [0, 0.1) is 21.4 Å². The van der Waals surface area contributed by atoms with Crippen LogP contribution in [0.2, 0.25) is 0 Å². The Bertz CT molecular complexity index is 1470. The summed E-state index contributed by atoms with van der Waals surface area (Å²) in [5.41, 5.74) is 1.37. The molecule has 0 radical (unpaired) electrons. The summed E-state index contributed by atoms with van der Waals surface area (Å²) in [5.74, 6) is -0.323. The molecule has 0 aliphatic heterocycles. The molecule has 33 heavy (non-hydrogen) atoms. The zero-order valence-electron chi connectivity index (χ0n) is 17.2. The molecule has 0 unspecified atom stereocenters. The lowest BCUT2D eigenvalue weighted by Gasteiger charge is -2.08. The number of nitriles is 1. The van der Waals surface area contributed by atoms with Gasteiger partial charge in [-0.3, -0.25) is 24.3 Å². The number of nitro benzene ring substituents is 1. The molecule has 0 spiro atoms. The van der Waals surface area contributed by atoms with E-state index in [1.807, 2.05) is 6.07 Å². The molecule has 11 nitrogen and oxygen atoms in total. The Hall–Kier alpha value is -4.85. The number of non-ortho nitro benzene ring substituents is 1. The number of carbonyl (C=O) groups excluding carboxylic acids is 1. The molecular formula is C22H17N7O4. The minimum absolute atomic E-state index is 0.0520. The Balaban J connectivity index is 1.46.